The summed E-state index contributed by atoms with van der Waals surface area (Å²) in [5.74, 6) is -0.00914. The normalized spacial score (nSPS) is 11.7. The van der Waals surface area contributed by atoms with Gasteiger partial charge in [-0.15, -0.1) is 0 Å². The minimum Gasteiger partial charge on any atom is -0.480 e. The molecular formula is C23H24N2O3. The molecule has 5 nitrogen and oxygen atoms in total. The number of carbonyl (C=O) groups is 2. The van der Waals surface area contributed by atoms with Gasteiger partial charge in [0.1, 0.15) is 5.75 Å². The van der Waals surface area contributed by atoms with Crippen molar-refractivity contribution < 1.29 is 14.3 Å². The van der Waals surface area contributed by atoms with Crippen LogP contribution in [-0.4, -0.2) is 17.9 Å². The zero-order valence-corrected chi connectivity index (χ0v) is 16.3. The van der Waals surface area contributed by atoms with Crippen LogP contribution in [0.4, 0.5) is 0 Å². The Morgan fingerprint density at radius 1 is 0.893 bits per heavy atom. The van der Waals surface area contributed by atoms with E-state index >= 15 is 0 Å². The van der Waals surface area contributed by atoms with Gasteiger partial charge in [0.05, 0.1) is 6.42 Å². The van der Waals surface area contributed by atoms with Crippen LogP contribution in [0.25, 0.3) is 10.8 Å². The number of carbonyl (C=O) groups excluding carboxylic acids is 2. The van der Waals surface area contributed by atoms with Crippen molar-refractivity contribution in [2.75, 3.05) is 0 Å². The van der Waals surface area contributed by atoms with Gasteiger partial charge in [-0.2, -0.15) is 0 Å². The second-order valence-electron chi connectivity index (χ2n) is 6.83. The van der Waals surface area contributed by atoms with Crippen molar-refractivity contribution >= 4 is 22.6 Å². The minimum atomic E-state index is -0.738. The number of hydrogen-bond donors (Lipinski definition) is 2. The van der Waals surface area contributed by atoms with Crippen LogP contribution in [-0.2, 0) is 16.0 Å². The summed E-state index contributed by atoms with van der Waals surface area (Å²) in [5.41, 5.74) is 7.74. The Kier molecular flexibility index (Phi) is 5.94. The van der Waals surface area contributed by atoms with Crippen LogP contribution in [0.15, 0.2) is 60.7 Å². The van der Waals surface area contributed by atoms with Gasteiger partial charge in [0.2, 0.25) is 5.91 Å². The van der Waals surface area contributed by atoms with E-state index in [0.29, 0.717) is 5.75 Å². The maximum absolute atomic E-state index is 12.3. The van der Waals surface area contributed by atoms with Crippen LogP contribution < -0.4 is 15.6 Å². The van der Waals surface area contributed by atoms with Crippen LogP contribution in [0.1, 0.15) is 23.6 Å². The van der Waals surface area contributed by atoms with Crippen LogP contribution in [0, 0.1) is 13.8 Å². The fraction of sp³-hybridized carbons (Fsp3) is 0.217. The lowest BCUT2D eigenvalue weighted by Gasteiger charge is -2.18. The number of para-hydroxylation sites is 1. The maximum atomic E-state index is 12.3. The number of amides is 2. The number of hydrogen-bond acceptors (Lipinski definition) is 3. The van der Waals surface area contributed by atoms with Crippen LogP contribution in [0.2, 0.25) is 0 Å². The first-order valence-corrected chi connectivity index (χ1v) is 9.24. The fourth-order valence-electron chi connectivity index (χ4n) is 3.11. The number of ether oxygens (including phenoxy) is 1. The fourth-order valence-corrected chi connectivity index (χ4v) is 3.11. The van der Waals surface area contributed by atoms with Gasteiger partial charge in [0, 0.05) is 0 Å². The molecule has 0 saturated carbocycles. The summed E-state index contributed by atoms with van der Waals surface area (Å²) in [5, 5.41) is 2.10. The lowest BCUT2D eigenvalue weighted by molar-refractivity contribution is -0.132. The van der Waals surface area contributed by atoms with Crippen LogP contribution in [0.5, 0.6) is 5.75 Å². The maximum Gasteiger partial charge on any atom is 0.279 e. The Hall–Kier alpha value is -3.34. The molecule has 0 aromatic heterocycles. The molecule has 1 atom stereocenters. The predicted molar refractivity (Wildman–Crippen MR) is 110 cm³/mol. The van der Waals surface area contributed by atoms with Crippen molar-refractivity contribution in [2.24, 2.45) is 0 Å². The van der Waals surface area contributed by atoms with E-state index in [0.717, 1.165) is 27.5 Å². The topological polar surface area (TPSA) is 67.4 Å². The van der Waals surface area contributed by atoms with E-state index in [-0.39, 0.29) is 12.3 Å². The van der Waals surface area contributed by atoms with Crippen molar-refractivity contribution in [3.05, 3.63) is 77.4 Å². The third-order valence-electron chi connectivity index (χ3n) is 4.63. The smallest absolute Gasteiger partial charge is 0.279 e. The van der Waals surface area contributed by atoms with E-state index < -0.39 is 12.0 Å². The van der Waals surface area contributed by atoms with Gasteiger partial charge in [-0.25, -0.2) is 0 Å². The highest BCUT2D eigenvalue weighted by Crippen LogP contribution is 2.23. The summed E-state index contributed by atoms with van der Waals surface area (Å²) in [6.45, 7) is 5.51. The van der Waals surface area contributed by atoms with Gasteiger partial charge in [-0.1, -0.05) is 60.7 Å². The molecule has 2 amide bonds. The van der Waals surface area contributed by atoms with E-state index in [9.17, 15) is 9.59 Å². The summed E-state index contributed by atoms with van der Waals surface area (Å²) in [6.07, 6.45) is -0.564. The summed E-state index contributed by atoms with van der Waals surface area (Å²) in [7, 11) is 0. The summed E-state index contributed by atoms with van der Waals surface area (Å²) >= 11 is 0. The summed E-state index contributed by atoms with van der Waals surface area (Å²) in [6, 6.07) is 19.5. The number of benzene rings is 3. The monoisotopic (exact) mass is 376 g/mol. The van der Waals surface area contributed by atoms with E-state index in [4.69, 9.17) is 4.74 Å². The van der Waals surface area contributed by atoms with Gasteiger partial charge in [-0.3, -0.25) is 20.4 Å². The Bertz CT molecular complexity index is 988. The molecule has 0 radical (unpaired) electrons. The zero-order chi connectivity index (χ0) is 20.1. The average molecular weight is 376 g/mol. The third-order valence-corrected chi connectivity index (χ3v) is 4.63. The van der Waals surface area contributed by atoms with Gasteiger partial charge in [-0.05, 0) is 48.2 Å². The highest BCUT2D eigenvalue weighted by molar-refractivity contribution is 5.91. The predicted octanol–water partition coefficient (Wildman–Crippen LogP) is 3.61. The summed E-state index contributed by atoms with van der Waals surface area (Å²) in [4.78, 5) is 24.6. The lowest BCUT2D eigenvalue weighted by Crippen LogP contribution is -2.47. The number of hydrazine groups is 1. The SMILES string of the molecule is Cc1cccc(C)c1OC(C)C(=O)NNC(=O)Cc1cccc2ccccc12. The molecule has 0 aliphatic carbocycles. The van der Waals surface area contributed by atoms with Crippen molar-refractivity contribution in [1.82, 2.24) is 10.9 Å². The van der Waals surface area contributed by atoms with E-state index in [1.165, 1.54) is 0 Å². The quantitative estimate of drug-likeness (QED) is 0.669. The highest BCUT2D eigenvalue weighted by Gasteiger charge is 2.17. The molecule has 0 fully saturated rings. The second kappa shape index (κ2) is 8.57. The molecule has 0 spiro atoms. The molecule has 3 rings (SSSR count). The number of nitrogens with one attached hydrogen (secondary N) is 2. The van der Waals surface area contributed by atoms with Gasteiger partial charge in [0.25, 0.3) is 5.91 Å². The molecule has 0 aliphatic heterocycles. The molecule has 144 valence electrons. The average Bonchev–Trinajstić information content (AvgIpc) is 2.69. The lowest BCUT2D eigenvalue weighted by atomic mass is 10.0. The second-order valence-corrected chi connectivity index (χ2v) is 6.83. The van der Waals surface area contributed by atoms with Crippen molar-refractivity contribution in [1.29, 1.82) is 0 Å². The number of aryl methyl sites for hydroxylation is 2. The van der Waals surface area contributed by atoms with Gasteiger partial charge < -0.3 is 4.74 Å². The molecule has 0 saturated heterocycles. The summed E-state index contributed by atoms with van der Waals surface area (Å²) < 4.78 is 5.78. The molecule has 3 aromatic rings. The molecule has 0 bridgehead atoms. The molecule has 0 aliphatic rings. The number of rotatable bonds is 5. The molecule has 5 heteroatoms. The highest BCUT2D eigenvalue weighted by atomic mass is 16.5. The zero-order valence-electron chi connectivity index (χ0n) is 16.3. The molecule has 3 aromatic carbocycles. The standard InChI is InChI=1S/C23H24N2O3/c1-15-8-6-9-16(2)22(15)28-17(3)23(27)25-24-21(26)14-19-12-7-11-18-10-4-5-13-20(18)19/h4-13,17H,14H2,1-3H3,(H,24,26)(H,25,27). The molecule has 1 unspecified atom stereocenters. The third kappa shape index (κ3) is 4.49. The first-order valence-electron chi connectivity index (χ1n) is 9.24. The molecular weight excluding hydrogens is 352 g/mol. The van der Waals surface area contributed by atoms with E-state index in [1.54, 1.807) is 6.92 Å². The van der Waals surface area contributed by atoms with Crippen molar-refractivity contribution in [3.8, 4) is 5.75 Å². The first kappa shape index (κ1) is 19.4. The van der Waals surface area contributed by atoms with Crippen molar-refractivity contribution in [2.45, 2.75) is 33.3 Å². The largest absolute Gasteiger partial charge is 0.480 e. The minimum absolute atomic E-state index is 0.174. The Morgan fingerprint density at radius 2 is 1.54 bits per heavy atom. The van der Waals surface area contributed by atoms with E-state index in [2.05, 4.69) is 10.9 Å². The van der Waals surface area contributed by atoms with Crippen molar-refractivity contribution in [3.63, 3.8) is 0 Å². The van der Waals surface area contributed by atoms with Gasteiger partial charge >= 0.3 is 0 Å². The molecule has 0 heterocycles. The Labute approximate surface area is 164 Å². The Balaban J connectivity index is 1.57. The molecule has 2 N–H and O–H groups in total. The van der Waals surface area contributed by atoms with E-state index in [1.807, 2.05) is 74.5 Å². The van der Waals surface area contributed by atoms with Crippen LogP contribution >= 0.6 is 0 Å². The molecule has 28 heavy (non-hydrogen) atoms. The van der Waals surface area contributed by atoms with Crippen LogP contribution in [0.3, 0.4) is 0 Å². The number of fused-ring (bicyclic) bond motifs is 1. The Morgan fingerprint density at radius 3 is 2.29 bits per heavy atom. The van der Waals surface area contributed by atoms with Gasteiger partial charge in [0.15, 0.2) is 6.10 Å². The first-order chi connectivity index (χ1) is 13.5.